The van der Waals surface area contributed by atoms with Crippen LogP contribution in [0.15, 0.2) is 18.2 Å². The van der Waals surface area contributed by atoms with Crippen molar-refractivity contribution in [3.63, 3.8) is 0 Å². The Morgan fingerprint density at radius 1 is 1.38 bits per heavy atom. The van der Waals surface area contributed by atoms with Gasteiger partial charge in [-0.1, -0.05) is 17.9 Å². The van der Waals surface area contributed by atoms with Crippen molar-refractivity contribution < 1.29 is 13.6 Å². The van der Waals surface area contributed by atoms with E-state index in [1.807, 2.05) is 0 Å². The summed E-state index contributed by atoms with van der Waals surface area (Å²) in [4.78, 5) is 10.7. The van der Waals surface area contributed by atoms with Crippen LogP contribution in [0.1, 0.15) is 5.56 Å². The van der Waals surface area contributed by atoms with E-state index in [1.54, 1.807) is 0 Å². The Bertz CT molecular complexity index is 429. The molecule has 0 saturated carbocycles. The second kappa shape index (κ2) is 5.83. The number of carbonyl (C=O) groups is 1. The maximum Gasteiger partial charge on any atom is 0.234 e. The Morgan fingerprint density at radius 2 is 2.00 bits per heavy atom. The van der Waals surface area contributed by atoms with Gasteiger partial charge >= 0.3 is 0 Å². The molecule has 0 radical (unpaired) electrons. The van der Waals surface area contributed by atoms with Crippen LogP contribution in [-0.4, -0.2) is 19.0 Å². The molecule has 84 valence electrons. The van der Waals surface area contributed by atoms with Crippen LogP contribution in [0, 0.1) is 23.5 Å². The van der Waals surface area contributed by atoms with Crippen molar-refractivity contribution in [1.82, 2.24) is 5.32 Å². The van der Waals surface area contributed by atoms with Gasteiger partial charge < -0.3 is 11.1 Å². The van der Waals surface area contributed by atoms with E-state index in [1.165, 1.54) is 6.07 Å². The van der Waals surface area contributed by atoms with Crippen molar-refractivity contribution in [2.24, 2.45) is 5.73 Å². The molecular formula is C11H10F2N2O. The Morgan fingerprint density at radius 3 is 2.56 bits per heavy atom. The zero-order valence-electron chi connectivity index (χ0n) is 8.39. The maximum absolute atomic E-state index is 13.1. The molecule has 0 atom stereocenters. The summed E-state index contributed by atoms with van der Waals surface area (Å²) in [6, 6.07) is 3.49. The molecule has 1 rings (SSSR count). The third-order valence-corrected chi connectivity index (χ3v) is 1.74. The van der Waals surface area contributed by atoms with Gasteiger partial charge in [-0.3, -0.25) is 4.79 Å². The smallest absolute Gasteiger partial charge is 0.234 e. The highest BCUT2D eigenvalue weighted by Crippen LogP contribution is 2.09. The van der Waals surface area contributed by atoms with Gasteiger partial charge in [0, 0.05) is 0 Å². The fourth-order valence-corrected chi connectivity index (χ4v) is 0.965. The summed E-state index contributed by atoms with van der Waals surface area (Å²) >= 11 is 0. The minimum atomic E-state index is -0.724. The number of halogens is 2. The molecule has 16 heavy (non-hydrogen) atoms. The lowest BCUT2D eigenvalue weighted by atomic mass is 10.2. The van der Waals surface area contributed by atoms with E-state index in [0.29, 0.717) is 0 Å². The largest absolute Gasteiger partial charge is 0.344 e. The van der Waals surface area contributed by atoms with Gasteiger partial charge in [0.2, 0.25) is 5.91 Å². The highest BCUT2D eigenvalue weighted by Gasteiger charge is 2.03. The molecular weight excluding hydrogens is 214 g/mol. The van der Waals surface area contributed by atoms with Crippen molar-refractivity contribution in [2.45, 2.75) is 0 Å². The van der Waals surface area contributed by atoms with Crippen molar-refractivity contribution in [3.8, 4) is 11.8 Å². The molecule has 0 aliphatic rings. The monoisotopic (exact) mass is 224 g/mol. The van der Waals surface area contributed by atoms with Gasteiger partial charge in [-0.15, -0.1) is 0 Å². The van der Waals surface area contributed by atoms with Crippen LogP contribution in [0.2, 0.25) is 0 Å². The lowest BCUT2D eigenvalue weighted by molar-refractivity contribution is -0.119. The molecule has 0 fully saturated rings. The SMILES string of the molecule is NCC(=O)NCC#Cc1c(F)cccc1F. The Hall–Kier alpha value is -1.93. The van der Waals surface area contributed by atoms with E-state index in [4.69, 9.17) is 5.73 Å². The van der Waals surface area contributed by atoms with Gasteiger partial charge in [0.15, 0.2) is 0 Å². The molecule has 3 N–H and O–H groups in total. The Balaban J connectivity index is 2.67. The molecule has 0 aromatic heterocycles. The zero-order valence-corrected chi connectivity index (χ0v) is 8.39. The van der Waals surface area contributed by atoms with Gasteiger partial charge in [0.1, 0.15) is 11.6 Å². The van der Waals surface area contributed by atoms with Gasteiger partial charge in [0.25, 0.3) is 0 Å². The average Bonchev–Trinajstić information content (AvgIpc) is 2.27. The first-order chi connectivity index (χ1) is 7.65. The molecule has 5 heteroatoms. The van der Waals surface area contributed by atoms with Crippen LogP contribution in [0.3, 0.4) is 0 Å². The fourth-order valence-electron chi connectivity index (χ4n) is 0.965. The molecule has 0 aliphatic heterocycles. The summed E-state index contributed by atoms with van der Waals surface area (Å²) < 4.78 is 26.1. The second-order valence-electron chi connectivity index (χ2n) is 2.88. The quantitative estimate of drug-likeness (QED) is 0.714. The molecule has 0 aliphatic carbocycles. The standard InChI is InChI=1S/C11H10F2N2O/c12-9-4-1-5-10(13)8(9)3-2-6-15-11(16)7-14/h1,4-5H,6-7,14H2,(H,15,16). The minimum absolute atomic E-state index is 0.00378. The van der Waals surface area contributed by atoms with E-state index in [9.17, 15) is 13.6 Å². The predicted octanol–water partition coefficient (Wildman–Crippen LogP) is 0.391. The van der Waals surface area contributed by atoms with E-state index in [-0.39, 0.29) is 24.6 Å². The molecule has 0 heterocycles. The van der Waals surface area contributed by atoms with E-state index in [2.05, 4.69) is 17.2 Å². The number of amides is 1. The van der Waals surface area contributed by atoms with Gasteiger partial charge in [0.05, 0.1) is 18.7 Å². The number of nitrogens with two attached hydrogens (primary N) is 1. The number of nitrogens with one attached hydrogen (secondary N) is 1. The van der Waals surface area contributed by atoms with E-state index < -0.39 is 11.6 Å². The summed E-state index contributed by atoms with van der Waals surface area (Å²) in [6.45, 7) is -0.139. The summed E-state index contributed by atoms with van der Waals surface area (Å²) in [5.74, 6) is 2.92. The lowest BCUT2D eigenvalue weighted by Crippen LogP contribution is -2.30. The van der Waals surface area contributed by atoms with Crippen LogP contribution >= 0.6 is 0 Å². The number of hydrogen-bond acceptors (Lipinski definition) is 2. The average molecular weight is 224 g/mol. The third kappa shape index (κ3) is 3.33. The minimum Gasteiger partial charge on any atom is -0.344 e. The number of rotatable bonds is 2. The van der Waals surface area contributed by atoms with Crippen LogP contribution < -0.4 is 11.1 Å². The first-order valence-corrected chi connectivity index (χ1v) is 4.55. The molecule has 1 aromatic carbocycles. The first-order valence-electron chi connectivity index (χ1n) is 4.55. The van der Waals surface area contributed by atoms with Crippen molar-refractivity contribution in [2.75, 3.05) is 13.1 Å². The predicted molar refractivity (Wildman–Crippen MR) is 55.3 cm³/mol. The molecule has 3 nitrogen and oxygen atoms in total. The van der Waals surface area contributed by atoms with E-state index in [0.717, 1.165) is 12.1 Å². The van der Waals surface area contributed by atoms with E-state index >= 15 is 0 Å². The molecule has 0 saturated heterocycles. The van der Waals surface area contributed by atoms with Crippen LogP contribution in [-0.2, 0) is 4.79 Å². The highest BCUT2D eigenvalue weighted by molar-refractivity contribution is 5.77. The Kier molecular flexibility index (Phi) is 4.42. The topological polar surface area (TPSA) is 55.1 Å². The number of hydrogen-bond donors (Lipinski definition) is 2. The van der Waals surface area contributed by atoms with Crippen molar-refractivity contribution in [3.05, 3.63) is 35.4 Å². The van der Waals surface area contributed by atoms with Crippen LogP contribution in [0.5, 0.6) is 0 Å². The molecule has 1 amide bonds. The third-order valence-electron chi connectivity index (χ3n) is 1.74. The maximum atomic E-state index is 13.1. The Labute approximate surface area is 91.6 Å². The van der Waals surface area contributed by atoms with Gasteiger partial charge in [-0.25, -0.2) is 8.78 Å². The van der Waals surface area contributed by atoms with Gasteiger partial charge in [-0.2, -0.15) is 0 Å². The van der Waals surface area contributed by atoms with Crippen molar-refractivity contribution >= 4 is 5.91 Å². The number of carbonyl (C=O) groups excluding carboxylic acids is 1. The summed E-state index contributed by atoms with van der Waals surface area (Å²) in [7, 11) is 0. The molecule has 1 aromatic rings. The fraction of sp³-hybridized carbons (Fsp3) is 0.182. The van der Waals surface area contributed by atoms with Crippen LogP contribution in [0.4, 0.5) is 8.78 Å². The zero-order chi connectivity index (χ0) is 12.0. The van der Waals surface area contributed by atoms with Crippen molar-refractivity contribution in [1.29, 1.82) is 0 Å². The summed E-state index contributed by atoms with van der Waals surface area (Å²) in [6.07, 6.45) is 0. The molecule has 0 unspecified atom stereocenters. The normalized spacial score (nSPS) is 9.19. The lowest BCUT2D eigenvalue weighted by Gasteiger charge is -1.96. The molecule has 0 bridgehead atoms. The second-order valence-corrected chi connectivity index (χ2v) is 2.88. The van der Waals surface area contributed by atoms with Gasteiger partial charge in [-0.05, 0) is 12.1 Å². The first kappa shape index (κ1) is 12.1. The summed E-state index contributed by atoms with van der Waals surface area (Å²) in [5, 5.41) is 2.36. The number of benzene rings is 1. The highest BCUT2D eigenvalue weighted by atomic mass is 19.1. The summed E-state index contributed by atoms with van der Waals surface area (Å²) in [5.41, 5.74) is 4.73. The molecule has 0 spiro atoms. The van der Waals surface area contributed by atoms with Crippen LogP contribution in [0.25, 0.3) is 0 Å².